The van der Waals surface area contributed by atoms with E-state index in [0.29, 0.717) is 15.9 Å². The van der Waals surface area contributed by atoms with Gasteiger partial charge in [-0.1, -0.05) is 36.0 Å². The minimum Gasteiger partial charge on any atom is -0.382 e. The summed E-state index contributed by atoms with van der Waals surface area (Å²) in [7, 11) is 0. The van der Waals surface area contributed by atoms with Gasteiger partial charge in [0.15, 0.2) is 0 Å². The van der Waals surface area contributed by atoms with E-state index in [1.54, 1.807) is 6.07 Å². The number of nitrogens with zero attached hydrogens (tertiary/aromatic N) is 3. The molecule has 6 heteroatoms. The molecule has 2 aliphatic rings. The number of anilines is 2. The van der Waals surface area contributed by atoms with Crippen molar-refractivity contribution in [2.45, 2.75) is 31.7 Å². The summed E-state index contributed by atoms with van der Waals surface area (Å²) in [6.07, 6.45) is 5.47. The standard InChI is InChI=1S/C14H20Cl2N4/c15-11-9-12(16)14(18-13(11)17)20-7-5-19(6-8-20)10-3-1-2-4-10/h9-10H,1-8H2,(H2,17,18). The lowest BCUT2D eigenvalue weighted by Crippen LogP contribution is -2.50. The highest BCUT2D eigenvalue weighted by Gasteiger charge is 2.27. The van der Waals surface area contributed by atoms with Gasteiger partial charge in [-0.15, -0.1) is 0 Å². The van der Waals surface area contributed by atoms with Gasteiger partial charge in [0.05, 0.1) is 10.0 Å². The Kier molecular flexibility index (Phi) is 4.24. The first-order valence-electron chi connectivity index (χ1n) is 7.25. The molecule has 2 N–H and O–H groups in total. The molecule has 1 aliphatic heterocycles. The minimum absolute atomic E-state index is 0.351. The van der Waals surface area contributed by atoms with Crippen molar-refractivity contribution in [3.63, 3.8) is 0 Å². The van der Waals surface area contributed by atoms with Gasteiger partial charge in [0.2, 0.25) is 0 Å². The van der Waals surface area contributed by atoms with Gasteiger partial charge in [0.25, 0.3) is 0 Å². The fourth-order valence-corrected chi connectivity index (χ4v) is 3.74. The second kappa shape index (κ2) is 5.96. The number of halogens is 2. The lowest BCUT2D eigenvalue weighted by Gasteiger charge is -2.38. The maximum Gasteiger partial charge on any atom is 0.150 e. The van der Waals surface area contributed by atoms with Crippen molar-refractivity contribution >= 4 is 34.8 Å². The lowest BCUT2D eigenvalue weighted by atomic mass is 10.2. The van der Waals surface area contributed by atoms with Crippen molar-refractivity contribution in [2.75, 3.05) is 36.8 Å². The summed E-state index contributed by atoms with van der Waals surface area (Å²) in [6, 6.07) is 2.47. The van der Waals surface area contributed by atoms with Crippen LogP contribution in [-0.4, -0.2) is 42.1 Å². The van der Waals surface area contributed by atoms with E-state index in [1.807, 2.05) is 0 Å². The summed E-state index contributed by atoms with van der Waals surface area (Å²) in [5.41, 5.74) is 5.78. The van der Waals surface area contributed by atoms with Crippen molar-refractivity contribution in [1.82, 2.24) is 9.88 Å². The second-order valence-electron chi connectivity index (χ2n) is 5.62. The van der Waals surface area contributed by atoms with E-state index in [-0.39, 0.29) is 0 Å². The number of nitrogens with two attached hydrogens (primary N) is 1. The molecule has 0 spiro atoms. The average Bonchev–Trinajstić information content (AvgIpc) is 2.97. The van der Waals surface area contributed by atoms with Crippen molar-refractivity contribution in [2.24, 2.45) is 0 Å². The van der Waals surface area contributed by atoms with Crippen molar-refractivity contribution in [3.05, 3.63) is 16.1 Å². The molecular weight excluding hydrogens is 295 g/mol. The van der Waals surface area contributed by atoms with Gasteiger partial charge >= 0.3 is 0 Å². The van der Waals surface area contributed by atoms with Crippen LogP contribution in [0.2, 0.25) is 10.0 Å². The molecule has 4 nitrogen and oxygen atoms in total. The Morgan fingerprint density at radius 1 is 1.05 bits per heavy atom. The molecule has 0 radical (unpaired) electrons. The van der Waals surface area contributed by atoms with Crippen molar-refractivity contribution in [3.8, 4) is 0 Å². The molecule has 1 aliphatic carbocycles. The van der Waals surface area contributed by atoms with Gasteiger partial charge in [-0.3, -0.25) is 4.90 Å². The zero-order chi connectivity index (χ0) is 14.1. The molecule has 0 bridgehead atoms. The predicted octanol–water partition coefficient (Wildman–Crippen LogP) is 3.04. The van der Waals surface area contributed by atoms with Gasteiger partial charge in [-0.2, -0.15) is 0 Å². The molecule has 0 aromatic carbocycles. The molecular formula is C14H20Cl2N4. The number of rotatable bonds is 2. The Morgan fingerprint density at radius 3 is 2.35 bits per heavy atom. The van der Waals surface area contributed by atoms with E-state index >= 15 is 0 Å². The quantitative estimate of drug-likeness (QED) is 0.911. The minimum atomic E-state index is 0.351. The maximum atomic E-state index is 6.24. The Morgan fingerprint density at radius 2 is 1.70 bits per heavy atom. The third kappa shape index (κ3) is 2.83. The van der Waals surface area contributed by atoms with Crippen LogP contribution >= 0.6 is 23.2 Å². The molecule has 3 rings (SSSR count). The second-order valence-corrected chi connectivity index (χ2v) is 6.44. The van der Waals surface area contributed by atoms with Crippen LogP contribution in [0.15, 0.2) is 6.07 Å². The summed E-state index contributed by atoms with van der Waals surface area (Å²) in [5.74, 6) is 1.11. The van der Waals surface area contributed by atoms with Gasteiger partial charge < -0.3 is 10.6 Å². The Balaban J connectivity index is 1.67. The average molecular weight is 315 g/mol. The fraction of sp³-hybridized carbons (Fsp3) is 0.643. The van der Waals surface area contributed by atoms with Gasteiger partial charge in [0.1, 0.15) is 11.6 Å². The van der Waals surface area contributed by atoms with Crippen LogP contribution in [0.1, 0.15) is 25.7 Å². The highest BCUT2D eigenvalue weighted by Crippen LogP contribution is 2.31. The van der Waals surface area contributed by atoms with Crippen LogP contribution in [0.3, 0.4) is 0 Å². The molecule has 1 aromatic rings. The molecule has 2 fully saturated rings. The van der Waals surface area contributed by atoms with Gasteiger partial charge in [0, 0.05) is 32.2 Å². The Labute approximate surface area is 129 Å². The SMILES string of the molecule is Nc1nc(N2CCN(C3CCCC3)CC2)c(Cl)cc1Cl. The van der Waals surface area contributed by atoms with E-state index in [2.05, 4.69) is 14.8 Å². The van der Waals surface area contributed by atoms with Crippen LogP contribution in [-0.2, 0) is 0 Å². The van der Waals surface area contributed by atoms with E-state index in [9.17, 15) is 0 Å². The smallest absolute Gasteiger partial charge is 0.150 e. The molecule has 0 amide bonds. The Bertz CT molecular complexity index is 480. The van der Waals surface area contributed by atoms with Crippen LogP contribution in [0.25, 0.3) is 0 Å². The summed E-state index contributed by atoms with van der Waals surface area (Å²) in [6.45, 7) is 4.05. The van der Waals surface area contributed by atoms with Crippen LogP contribution < -0.4 is 10.6 Å². The first kappa shape index (κ1) is 14.2. The number of pyridine rings is 1. The topological polar surface area (TPSA) is 45.4 Å². The van der Waals surface area contributed by atoms with Crippen LogP contribution in [0.4, 0.5) is 11.6 Å². The van der Waals surface area contributed by atoms with E-state index in [0.717, 1.165) is 38.0 Å². The first-order valence-corrected chi connectivity index (χ1v) is 8.01. The lowest BCUT2D eigenvalue weighted by molar-refractivity contribution is 0.187. The third-order valence-electron chi connectivity index (χ3n) is 4.39. The highest BCUT2D eigenvalue weighted by molar-refractivity contribution is 6.37. The van der Waals surface area contributed by atoms with Crippen LogP contribution in [0.5, 0.6) is 0 Å². The molecule has 1 saturated heterocycles. The van der Waals surface area contributed by atoms with Crippen molar-refractivity contribution in [1.29, 1.82) is 0 Å². The first-order chi connectivity index (χ1) is 9.65. The normalized spacial score (nSPS) is 21.6. The maximum absolute atomic E-state index is 6.24. The van der Waals surface area contributed by atoms with E-state index < -0.39 is 0 Å². The monoisotopic (exact) mass is 314 g/mol. The van der Waals surface area contributed by atoms with E-state index in [4.69, 9.17) is 28.9 Å². The largest absolute Gasteiger partial charge is 0.382 e. The zero-order valence-corrected chi connectivity index (χ0v) is 13.0. The van der Waals surface area contributed by atoms with E-state index in [1.165, 1.54) is 25.7 Å². The molecule has 0 unspecified atom stereocenters. The predicted molar refractivity (Wildman–Crippen MR) is 84.7 cm³/mol. The zero-order valence-electron chi connectivity index (χ0n) is 11.5. The molecule has 20 heavy (non-hydrogen) atoms. The molecule has 1 saturated carbocycles. The number of aromatic nitrogens is 1. The van der Waals surface area contributed by atoms with Crippen LogP contribution in [0, 0.1) is 0 Å². The highest BCUT2D eigenvalue weighted by atomic mass is 35.5. The Hall–Kier alpha value is -0.710. The van der Waals surface area contributed by atoms with Crippen molar-refractivity contribution < 1.29 is 0 Å². The number of hydrogen-bond acceptors (Lipinski definition) is 4. The molecule has 1 aromatic heterocycles. The molecule has 0 atom stereocenters. The summed E-state index contributed by atoms with van der Waals surface area (Å²) in [4.78, 5) is 9.16. The summed E-state index contributed by atoms with van der Waals surface area (Å²) in [5, 5.41) is 1.00. The van der Waals surface area contributed by atoms with Gasteiger partial charge in [-0.25, -0.2) is 4.98 Å². The fourth-order valence-electron chi connectivity index (χ4n) is 3.26. The summed E-state index contributed by atoms with van der Waals surface area (Å²) >= 11 is 12.2. The third-order valence-corrected chi connectivity index (χ3v) is 4.97. The number of nitrogen functional groups attached to an aromatic ring is 1. The summed E-state index contributed by atoms with van der Waals surface area (Å²) < 4.78 is 0. The van der Waals surface area contributed by atoms with Gasteiger partial charge in [-0.05, 0) is 18.9 Å². The number of piperazine rings is 1. The number of hydrogen-bond donors (Lipinski definition) is 1. The molecule has 110 valence electrons. The molecule has 2 heterocycles.